The Labute approximate surface area is 126 Å². The molecule has 5 heteroatoms. The molecule has 1 aliphatic heterocycles. The maximum atomic E-state index is 12.8. The molecule has 2 fully saturated rings. The third-order valence-electron chi connectivity index (χ3n) is 4.77. The number of sulfonamides is 1. The summed E-state index contributed by atoms with van der Waals surface area (Å²) < 4.78 is 27.2. The van der Waals surface area contributed by atoms with E-state index in [-0.39, 0.29) is 6.04 Å². The maximum absolute atomic E-state index is 12.8. The van der Waals surface area contributed by atoms with Crippen LogP contribution in [0.3, 0.4) is 0 Å². The minimum atomic E-state index is -3.52. The van der Waals surface area contributed by atoms with Gasteiger partial charge in [-0.1, -0.05) is 23.8 Å². The lowest BCUT2D eigenvalue weighted by atomic mass is 10.0. The second-order valence-corrected chi connectivity index (χ2v) is 7.91. The Morgan fingerprint density at radius 3 is 2.71 bits per heavy atom. The van der Waals surface area contributed by atoms with E-state index in [1.54, 1.807) is 24.3 Å². The van der Waals surface area contributed by atoms with Crippen LogP contribution in [0.1, 0.15) is 31.2 Å². The number of aryl methyl sites for hydroxylation is 1. The second-order valence-electron chi connectivity index (χ2n) is 6.10. The van der Waals surface area contributed by atoms with Gasteiger partial charge in [0.25, 0.3) is 0 Å². The topological polar surface area (TPSA) is 57.4 Å². The Morgan fingerprint density at radius 2 is 2.10 bits per heavy atom. The van der Waals surface area contributed by atoms with E-state index >= 15 is 0 Å². The lowest BCUT2D eigenvalue weighted by Gasteiger charge is -2.17. The molecule has 21 heavy (non-hydrogen) atoms. The third kappa shape index (κ3) is 2.15. The standard InChI is InChI=1S/C16H21NO3S/c1-3-4-10-16-11-9-14(18)15(16)17(16)21(19,20)13-7-5-12(2)6-8-13/h3,5-8,14-15,18H,1,4,9-11H2,2H3/t14-,15-,16+,17?/m1/s1. The van der Waals surface area contributed by atoms with E-state index in [2.05, 4.69) is 6.58 Å². The lowest BCUT2D eigenvalue weighted by molar-refractivity contribution is 0.164. The molecule has 1 aliphatic carbocycles. The van der Waals surface area contributed by atoms with Crippen molar-refractivity contribution in [2.75, 3.05) is 0 Å². The summed E-state index contributed by atoms with van der Waals surface area (Å²) in [6, 6.07) is 6.64. The highest BCUT2D eigenvalue weighted by Gasteiger charge is 2.72. The Bertz CT molecular complexity index is 653. The fraction of sp³-hybridized carbons (Fsp3) is 0.500. The summed E-state index contributed by atoms with van der Waals surface area (Å²) in [4.78, 5) is 0.313. The van der Waals surface area contributed by atoms with Crippen molar-refractivity contribution in [1.82, 2.24) is 4.31 Å². The van der Waals surface area contributed by atoms with Gasteiger partial charge >= 0.3 is 0 Å². The van der Waals surface area contributed by atoms with E-state index < -0.39 is 21.7 Å². The fourth-order valence-electron chi connectivity index (χ4n) is 3.64. The lowest BCUT2D eigenvalue weighted by Crippen LogP contribution is -2.26. The van der Waals surface area contributed by atoms with Gasteiger partial charge < -0.3 is 5.11 Å². The fourth-order valence-corrected chi connectivity index (χ4v) is 5.71. The number of aliphatic hydroxyl groups is 1. The second kappa shape index (κ2) is 4.93. The number of aliphatic hydroxyl groups excluding tert-OH is 1. The highest BCUT2D eigenvalue weighted by molar-refractivity contribution is 7.89. The zero-order valence-electron chi connectivity index (χ0n) is 12.2. The summed E-state index contributed by atoms with van der Waals surface area (Å²) in [5.41, 5.74) is 0.637. The molecule has 1 N–H and O–H groups in total. The predicted octanol–water partition coefficient (Wildman–Crippen LogP) is 2.23. The van der Waals surface area contributed by atoms with Crippen molar-refractivity contribution < 1.29 is 13.5 Å². The van der Waals surface area contributed by atoms with Crippen molar-refractivity contribution >= 4 is 10.0 Å². The minimum Gasteiger partial charge on any atom is -0.391 e. The molecule has 0 bridgehead atoms. The van der Waals surface area contributed by atoms with Gasteiger partial charge in [0.15, 0.2) is 0 Å². The Hall–Kier alpha value is -1.17. The zero-order valence-corrected chi connectivity index (χ0v) is 13.0. The quantitative estimate of drug-likeness (QED) is 0.670. The van der Waals surface area contributed by atoms with Gasteiger partial charge in [0.1, 0.15) is 0 Å². The molecule has 1 heterocycles. The molecular weight excluding hydrogens is 286 g/mol. The molecule has 4 nitrogen and oxygen atoms in total. The van der Waals surface area contributed by atoms with Crippen LogP contribution in [0.25, 0.3) is 0 Å². The summed E-state index contributed by atoms with van der Waals surface area (Å²) >= 11 is 0. The molecule has 3 rings (SSSR count). The van der Waals surface area contributed by atoms with Crippen molar-refractivity contribution in [2.45, 2.75) is 55.2 Å². The number of rotatable bonds is 5. The van der Waals surface area contributed by atoms with Crippen molar-refractivity contribution in [3.63, 3.8) is 0 Å². The summed E-state index contributed by atoms with van der Waals surface area (Å²) in [6.07, 6.45) is 4.19. The van der Waals surface area contributed by atoms with E-state index in [1.807, 2.05) is 13.0 Å². The Morgan fingerprint density at radius 1 is 1.43 bits per heavy atom. The van der Waals surface area contributed by atoms with Crippen LogP contribution in [-0.2, 0) is 10.0 Å². The predicted molar refractivity (Wildman–Crippen MR) is 81.4 cm³/mol. The highest BCUT2D eigenvalue weighted by Crippen LogP contribution is 2.58. The molecular formula is C16H21NO3S. The summed E-state index contributed by atoms with van der Waals surface area (Å²) in [5, 5.41) is 10.1. The average molecular weight is 307 g/mol. The molecule has 1 unspecified atom stereocenters. The summed E-state index contributed by atoms with van der Waals surface area (Å²) in [7, 11) is -3.52. The maximum Gasteiger partial charge on any atom is 0.244 e. The van der Waals surface area contributed by atoms with Gasteiger partial charge in [-0.25, -0.2) is 8.42 Å². The first kappa shape index (κ1) is 14.8. The number of piperidine rings is 1. The highest BCUT2D eigenvalue weighted by atomic mass is 32.2. The first-order valence-corrected chi connectivity index (χ1v) is 8.78. The molecule has 1 aromatic carbocycles. The van der Waals surface area contributed by atoms with E-state index in [0.29, 0.717) is 11.3 Å². The van der Waals surface area contributed by atoms with Crippen LogP contribution in [0.15, 0.2) is 41.8 Å². The molecule has 0 spiro atoms. The van der Waals surface area contributed by atoms with Gasteiger partial charge in [-0.15, -0.1) is 6.58 Å². The van der Waals surface area contributed by atoms with Gasteiger partial charge in [0.05, 0.1) is 22.6 Å². The smallest absolute Gasteiger partial charge is 0.244 e. The van der Waals surface area contributed by atoms with Gasteiger partial charge in [0.2, 0.25) is 10.0 Å². The van der Waals surface area contributed by atoms with Crippen molar-refractivity contribution in [3.05, 3.63) is 42.5 Å². The Kier molecular flexibility index (Phi) is 3.47. The Balaban J connectivity index is 1.93. The molecule has 1 aromatic rings. The normalized spacial score (nSPS) is 34.5. The molecule has 1 saturated carbocycles. The van der Waals surface area contributed by atoms with Crippen molar-refractivity contribution in [3.8, 4) is 0 Å². The number of allylic oxidation sites excluding steroid dienone is 1. The van der Waals surface area contributed by atoms with Gasteiger partial charge in [0, 0.05) is 0 Å². The number of benzene rings is 1. The van der Waals surface area contributed by atoms with E-state index in [4.69, 9.17) is 0 Å². The molecule has 1 saturated heterocycles. The average Bonchev–Trinajstić information content (AvgIpc) is 3.03. The first-order valence-electron chi connectivity index (χ1n) is 7.34. The van der Waals surface area contributed by atoms with Crippen LogP contribution in [0, 0.1) is 6.92 Å². The largest absolute Gasteiger partial charge is 0.391 e. The third-order valence-corrected chi connectivity index (χ3v) is 6.75. The van der Waals surface area contributed by atoms with Crippen LogP contribution in [-0.4, -0.2) is 35.5 Å². The van der Waals surface area contributed by atoms with Gasteiger partial charge in [-0.2, -0.15) is 4.31 Å². The SMILES string of the molecule is C=CCC[C@]12CC[C@@H](O)[C@H]1N2S(=O)(=O)c1ccc(C)cc1. The van der Waals surface area contributed by atoms with E-state index in [0.717, 1.165) is 24.8 Å². The van der Waals surface area contributed by atoms with Gasteiger partial charge in [-0.3, -0.25) is 0 Å². The molecule has 0 amide bonds. The van der Waals surface area contributed by atoms with Crippen LogP contribution >= 0.6 is 0 Å². The molecule has 0 aromatic heterocycles. The number of nitrogens with zero attached hydrogens (tertiary/aromatic N) is 1. The summed E-state index contributed by atoms with van der Waals surface area (Å²) in [5.74, 6) is 0. The van der Waals surface area contributed by atoms with Crippen LogP contribution in [0.2, 0.25) is 0 Å². The van der Waals surface area contributed by atoms with E-state index in [9.17, 15) is 13.5 Å². The number of fused-ring (bicyclic) bond motifs is 1. The monoisotopic (exact) mass is 307 g/mol. The van der Waals surface area contributed by atoms with Crippen LogP contribution < -0.4 is 0 Å². The molecule has 4 atom stereocenters. The molecule has 2 aliphatic rings. The molecule has 0 radical (unpaired) electrons. The number of hydrogen-bond acceptors (Lipinski definition) is 3. The van der Waals surface area contributed by atoms with E-state index in [1.165, 1.54) is 4.31 Å². The number of hydrogen-bond donors (Lipinski definition) is 1. The molecule has 114 valence electrons. The van der Waals surface area contributed by atoms with Crippen LogP contribution in [0.4, 0.5) is 0 Å². The van der Waals surface area contributed by atoms with Crippen molar-refractivity contribution in [2.24, 2.45) is 0 Å². The van der Waals surface area contributed by atoms with Crippen LogP contribution in [0.5, 0.6) is 0 Å². The first-order chi connectivity index (χ1) is 9.93. The minimum absolute atomic E-state index is 0.260. The zero-order chi connectivity index (χ0) is 15.3. The van der Waals surface area contributed by atoms with Gasteiger partial charge in [-0.05, 0) is 44.7 Å². The summed E-state index contributed by atoms with van der Waals surface area (Å²) in [6.45, 7) is 5.64. The van der Waals surface area contributed by atoms with Crippen molar-refractivity contribution in [1.29, 1.82) is 0 Å².